The van der Waals surface area contributed by atoms with E-state index >= 15 is 0 Å². The Morgan fingerprint density at radius 3 is 2.78 bits per heavy atom. The molecule has 1 aromatic carbocycles. The third-order valence-corrected chi connectivity index (χ3v) is 3.48. The normalized spacial score (nSPS) is 10.4. The van der Waals surface area contributed by atoms with E-state index < -0.39 is 0 Å². The summed E-state index contributed by atoms with van der Waals surface area (Å²) in [6.07, 6.45) is 0.578. The van der Waals surface area contributed by atoms with Crippen LogP contribution >= 0.6 is 11.3 Å². The number of methoxy groups -OCH3 is 2. The van der Waals surface area contributed by atoms with Crippen molar-refractivity contribution in [3.63, 3.8) is 0 Å². The van der Waals surface area contributed by atoms with E-state index in [0.717, 1.165) is 27.8 Å². The summed E-state index contributed by atoms with van der Waals surface area (Å²) in [7, 11) is 3.25. The van der Waals surface area contributed by atoms with Crippen molar-refractivity contribution in [3.05, 3.63) is 29.3 Å². The largest absolute Gasteiger partial charge is 0.497 e. The number of aliphatic hydroxyl groups is 1. The Morgan fingerprint density at radius 2 is 2.11 bits per heavy atom. The van der Waals surface area contributed by atoms with E-state index in [2.05, 4.69) is 4.98 Å². The molecule has 0 bridgehead atoms. The molecule has 0 saturated carbocycles. The van der Waals surface area contributed by atoms with Crippen LogP contribution in [-0.4, -0.2) is 30.9 Å². The molecule has 0 aliphatic rings. The zero-order valence-corrected chi connectivity index (χ0v) is 11.2. The van der Waals surface area contributed by atoms with Crippen molar-refractivity contribution in [2.24, 2.45) is 0 Å². The molecule has 0 saturated heterocycles. The number of nitrogens with zero attached hydrogens (tertiary/aromatic N) is 1. The van der Waals surface area contributed by atoms with Crippen LogP contribution in [0.3, 0.4) is 0 Å². The van der Waals surface area contributed by atoms with Crippen molar-refractivity contribution in [1.29, 1.82) is 0 Å². The van der Waals surface area contributed by atoms with Gasteiger partial charge in [-0.2, -0.15) is 0 Å². The highest BCUT2D eigenvalue weighted by Gasteiger charge is 2.11. The van der Waals surface area contributed by atoms with Gasteiger partial charge in [0.05, 0.1) is 25.5 Å². The molecular weight excluding hydrogens is 250 g/mol. The summed E-state index contributed by atoms with van der Waals surface area (Å²) in [6.45, 7) is 0.114. The molecule has 0 radical (unpaired) electrons. The molecule has 1 aromatic heterocycles. The minimum atomic E-state index is 0.114. The molecule has 0 amide bonds. The monoisotopic (exact) mass is 265 g/mol. The summed E-state index contributed by atoms with van der Waals surface area (Å²) >= 11 is 1.54. The topological polar surface area (TPSA) is 51.6 Å². The Labute approximate surface area is 110 Å². The second-order valence-corrected chi connectivity index (χ2v) is 4.54. The first-order valence-corrected chi connectivity index (χ1v) is 6.44. The highest BCUT2D eigenvalue weighted by molar-refractivity contribution is 7.13. The summed E-state index contributed by atoms with van der Waals surface area (Å²) in [4.78, 5) is 4.47. The number of rotatable bonds is 5. The van der Waals surface area contributed by atoms with E-state index in [-0.39, 0.29) is 6.61 Å². The third-order valence-electron chi connectivity index (χ3n) is 2.56. The second-order valence-electron chi connectivity index (χ2n) is 3.68. The smallest absolute Gasteiger partial charge is 0.132 e. The second kappa shape index (κ2) is 5.84. The van der Waals surface area contributed by atoms with Crippen LogP contribution < -0.4 is 9.47 Å². The number of hydrogen-bond donors (Lipinski definition) is 1. The number of benzene rings is 1. The number of hydrogen-bond acceptors (Lipinski definition) is 5. The predicted octanol–water partition coefficient (Wildman–Crippen LogP) is 2.36. The van der Waals surface area contributed by atoms with Crippen molar-refractivity contribution < 1.29 is 14.6 Å². The van der Waals surface area contributed by atoms with Gasteiger partial charge >= 0.3 is 0 Å². The highest BCUT2D eigenvalue weighted by atomic mass is 32.1. The van der Waals surface area contributed by atoms with Crippen LogP contribution in [0.4, 0.5) is 0 Å². The van der Waals surface area contributed by atoms with E-state index in [1.807, 2.05) is 23.6 Å². The molecule has 0 unspecified atom stereocenters. The average molecular weight is 265 g/mol. The van der Waals surface area contributed by atoms with Crippen molar-refractivity contribution in [2.75, 3.05) is 20.8 Å². The fraction of sp³-hybridized carbons (Fsp3) is 0.308. The standard InChI is InChI=1S/C13H15NO3S/c1-16-10-3-4-11(12(7-10)17-2)13-14-9(5-6-15)8-18-13/h3-4,7-8,15H,5-6H2,1-2H3. The lowest BCUT2D eigenvalue weighted by Crippen LogP contribution is -1.92. The van der Waals surface area contributed by atoms with Crippen molar-refractivity contribution in [2.45, 2.75) is 6.42 Å². The van der Waals surface area contributed by atoms with Crippen LogP contribution in [0.25, 0.3) is 10.6 Å². The van der Waals surface area contributed by atoms with E-state index in [4.69, 9.17) is 14.6 Å². The van der Waals surface area contributed by atoms with Gasteiger partial charge in [-0.1, -0.05) is 0 Å². The first-order chi connectivity index (χ1) is 8.78. The van der Waals surface area contributed by atoms with E-state index in [9.17, 15) is 0 Å². The molecule has 0 spiro atoms. The molecule has 1 heterocycles. The van der Waals surface area contributed by atoms with Gasteiger partial charge in [-0.15, -0.1) is 11.3 Å². The number of thiazole rings is 1. The van der Waals surface area contributed by atoms with Gasteiger partial charge in [-0.3, -0.25) is 0 Å². The lowest BCUT2D eigenvalue weighted by Gasteiger charge is -2.08. The van der Waals surface area contributed by atoms with Crippen LogP contribution in [-0.2, 0) is 6.42 Å². The Kier molecular flexibility index (Phi) is 4.17. The van der Waals surface area contributed by atoms with Crippen molar-refractivity contribution in [3.8, 4) is 22.1 Å². The maximum absolute atomic E-state index is 8.89. The van der Waals surface area contributed by atoms with Crippen LogP contribution in [0.2, 0.25) is 0 Å². The van der Waals surface area contributed by atoms with Gasteiger partial charge in [-0.05, 0) is 12.1 Å². The number of aromatic nitrogens is 1. The number of ether oxygens (including phenoxy) is 2. The summed E-state index contributed by atoms with van der Waals surface area (Å²) < 4.78 is 10.5. The maximum Gasteiger partial charge on any atom is 0.132 e. The Balaban J connectivity index is 2.36. The minimum absolute atomic E-state index is 0.114. The fourth-order valence-corrected chi connectivity index (χ4v) is 2.52. The molecule has 2 rings (SSSR count). The van der Waals surface area contributed by atoms with E-state index in [1.54, 1.807) is 25.6 Å². The summed E-state index contributed by atoms with van der Waals surface area (Å²) in [5.41, 5.74) is 1.84. The van der Waals surface area contributed by atoms with Gasteiger partial charge in [0.25, 0.3) is 0 Å². The first kappa shape index (κ1) is 12.9. The molecule has 0 aliphatic heterocycles. The van der Waals surface area contributed by atoms with Crippen LogP contribution in [0.1, 0.15) is 5.69 Å². The molecule has 4 nitrogen and oxygen atoms in total. The molecule has 18 heavy (non-hydrogen) atoms. The average Bonchev–Trinajstić information content (AvgIpc) is 2.87. The molecule has 0 aliphatic carbocycles. The van der Waals surface area contributed by atoms with Gasteiger partial charge in [0.15, 0.2) is 0 Å². The summed E-state index contributed by atoms with van der Waals surface area (Å²) in [5, 5.41) is 11.7. The van der Waals surface area contributed by atoms with Gasteiger partial charge in [0, 0.05) is 24.5 Å². The lowest BCUT2D eigenvalue weighted by molar-refractivity contribution is 0.298. The quantitative estimate of drug-likeness (QED) is 0.901. The predicted molar refractivity (Wildman–Crippen MR) is 71.4 cm³/mol. The Morgan fingerprint density at radius 1 is 1.28 bits per heavy atom. The maximum atomic E-state index is 8.89. The third kappa shape index (κ3) is 2.63. The molecule has 5 heteroatoms. The molecule has 1 N–H and O–H groups in total. The Hall–Kier alpha value is -1.59. The molecule has 96 valence electrons. The van der Waals surface area contributed by atoms with Gasteiger partial charge in [0.2, 0.25) is 0 Å². The van der Waals surface area contributed by atoms with Gasteiger partial charge < -0.3 is 14.6 Å². The molecule has 0 fully saturated rings. The van der Waals surface area contributed by atoms with Crippen LogP contribution in [0.15, 0.2) is 23.6 Å². The molecule has 2 aromatic rings. The fourth-order valence-electron chi connectivity index (χ4n) is 1.64. The zero-order valence-electron chi connectivity index (χ0n) is 10.3. The molecular formula is C13H15NO3S. The van der Waals surface area contributed by atoms with Crippen molar-refractivity contribution >= 4 is 11.3 Å². The van der Waals surface area contributed by atoms with Crippen molar-refractivity contribution in [1.82, 2.24) is 4.98 Å². The number of aliphatic hydroxyl groups excluding tert-OH is 1. The molecule has 0 atom stereocenters. The summed E-state index contributed by atoms with van der Waals surface area (Å²) in [6, 6.07) is 5.65. The Bertz CT molecular complexity index is 525. The van der Waals surface area contributed by atoms with Gasteiger partial charge in [-0.25, -0.2) is 4.98 Å². The minimum Gasteiger partial charge on any atom is -0.497 e. The van der Waals surface area contributed by atoms with Crippen LogP contribution in [0.5, 0.6) is 11.5 Å². The SMILES string of the molecule is COc1ccc(-c2nc(CCO)cs2)c(OC)c1. The van der Waals surface area contributed by atoms with Crippen LogP contribution in [0, 0.1) is 0 Å². The van der Waals surface area contributed by atoms with E-state index in [1.165, 1.54) is 0 Å². The summed E-state index contributed by atoms with van der Waals surface area (Å²) in [5.74, 6) is 1.49. The van der Waals surface area contributed by atoms with Gasteiger partial charge in [0.1, 0.15) is 16.5 Å². The highest BCUT2D eigenvalue weighted by Crippen LogP contribution is 2.34. The first-order valence-electron chi connectivity index (χ1n) is 5.56. The van der Waals surface area contributed by atoms with E-state index in [0.29, 0.717) is 6.42 Å². The lowest BCUT2D eigenvalue weighted by atomic mass is 10.2. The zero-order chi connectivity index (χ0) is 13.0.